The van der Waals surface area contributed by atoms with Gasteiger partial charge in [0.05, 0.1) is 11.1 Å². The van der Waals surface area contributed by atoms with Gasteiger partial charge in [0, 0.05) is 28.1 Å². The molecule has 0 saturated heterocycles. The van der Waals surface area contributed by atoms with Gasteiger partial charge in [-0.15, -0.1) is 0 Å². The second-order valence-electron chi connectivity index (χ2n) is 15.7. The van der Waals surface area contributed by atoms with Crippen molar-refractivity contribution in [3.63, 3.8) is 0 Å². The molecule has 0 unspecified atom stereocenters. The van der Waals surface area contributed by atoms with Gasteiger partial charge in [-0.3, -0.25) is 0 Å². The van der Waals surface area contributed by atoms with Crippen molar-refractivity contribution in [1.29, 1.82) is 0 Å². The molecule has 1 heterocycles. The summed E-state index contributed by atoms with van der Waals surface area (Å²) in [4.78, 5) is 2.45. The van der Waals surface area contributed by atoms with Crippen LogP contribution in [-0.2, 0) is 5.41 Å². The zero-order valence-corrected chi connectivity index (χ0v) is 32.3. The number of fused-ring (bicyclic) bond motifs is 13. The van der Waals surface area contributed by atoms with E-state index in [1.54, 1.807) is 0 Å². The SMILES string of the molecule is C=C1Oc2cc(-c3cccc(N(c4ccc(-c5ccccc5)cc4)c4cccc5c4-c4ccccc4C54c5ccccc5-c5ccccc54)c3)ccc2-c2ccccc21. The van der Waals surface area contributed by atoms with E-state index in [2.05, 4.69) is 218 Å². The second kappa shape index (κ2) is 12.9. The number of benzene rings is 9. The first-order chi connectivity index (χ1) is 29.2. The van der Waals surface area contributed by atoms with E-state index in [-0.39, 0.29) is 0 Å². The lowest BCUT2D eigenvalue weighted by molar-refractivity contribution is 0.514. The smallest absolute Gasteiger partial charge is 0.135 e. The van der Waals surface area contributed by atoms with Crippen molar-refractivity contribution in [2.75, 3.05) is 4.90 Å². The summed E-state index contributed by atoms with van der Waals surface area (Å²) >= 11 is 0. The first kappa shape index (κ1) is 33.5. The summed E-state index contributed by atoms with van der Waals surface area (Å²) in [6.07, 6.45) is 0. The molecule has 0 N–H and O–H groups in total. The highest BCUT2D eigenvalue weighted by molar-refractivity contribution is 6.01. The van der Waals surface area contributed by atoms with Crippen LogP contribution in [0.1, 0.15) is 27.8 Å². The van der Waals surface area contributed by atoms with E-state index in [1.165, 1.54) is 55.6 Å². The molecule has 0 saturated carbocycles. The van der Waals surface area contributed by atoms with Gasteiger partial charge < -0.3 is 9.64 Å². The molecule has 2 nitrogen and oxygen atoms in total. The largest absolute Gasteiger partial charge is 0.457 e. The van der Waals surface area contributed by atoms with Gasteiger partial charge in [0.15, 0.2) is 0 Å². The third-order valence-corrected chi connectivity index (χ3v) is 12.6. The van der Waals surface area contributed by atoms with Crippen molar-refractivity contribution < 1.29 is 4.74 Å². The van der Waals surface area contributed by atoms with Crippen molar-refractivity contribution in [2.24, 2.45) is 0 Å². The summed E-state index contributed by atoms with van der Waals surface area (Å²) in [6.45, 7) is 4.25. The van der Waals surface area contributed by atoms with Gasteiger partial charge in [0.25, 0.3) is 0 Å². The van der Waals surface area contributed by atoms with Crippen molar-refractivity contribution >= 4 is 22.8 Å². The van der Waals surface area contributed by atoms with Crippen LogP contribution in [0.5, 0.6) is 5.75 Å². The van der Waals surface area contributed by atoms with Gasteiger partial charge in [-0.1, -0.05) is 176 Å². The maximum Gasteiger partial charge on any atom is 0.135 e. The Morgan fingerprint density at radius 2 is 0.881 bits per heavy atom. The van der Waals surface area contributed by atoms with Crippen LogP contribution in [-0.4, -0.2) is 0 Å². The Labute approximate surface area is 344 Å². The molecule has 0 radical (unpaired) electrons. The molecule has 9 aromatic carbocycles. The molecule has 0 atom stereocenters. The van der Waals surface area contributed by atoms with Crippen molar-refractivity contribution in [3.8, 4) is 61.4 Å². The number of hydrogen-bond donors (Lipinski definition) is 0. The number of ether oxygens (including phenoxy) is 1. The van der Waals surface area contributed by atoms with E-state index in [4.69, 9.17) is 4.74 Å². The summed E-state index contributed by atoms with van der Waals surface area (Å²) in [7, 11) is 0. The molecule has 1 spiro atoms. The molecule has 1 aliphatic heterocycles. The Bertz CT molecular complexity index is 3110. The van der Waals surface area contributed by atoms with E-state index < -0.39 is 5.41 Å². The predicted octanol–water partition coefficient (Wildman–Crippen LogP) is 14.9. The quantitative estimate of drug-likeness (QED) is 0.174. The Morgan fingerprint density at radius 1 is 0.356 bits per heavy atom. The van der Waals surface area contributed by atoms with Crippen LogP contribution < -0.4 is 9.64 Å². The maximum atomic E-state index is 6.36. The van der Waals surface area contributed by atoms with Gasteiger partial charge >= 0.3 is 0 Å². The summed E-state index contributed by atoms with van der Waals surface area (Å²) in [6, 6.07) is 77.4. The molecule has 0 bridgehead atoms. The number of nitrogens with zero attached hydrogens (tertiary/aromatic N) is 1. The van der Waals surface area contributed by atoms with E-state index in [0.717, 1.165) is 50.6 Å². The second-order valence-corrected chi connectivity index (χ2v) is 15.7. The van der Waals surface area contributed by atoms with Crippen molar-refractivity contribution in [3.05, 3.63) is 247 Å². The van der Waals surface area contributed by atoms with Crippen molar-refractivity contribution in [1.82, 2.24) is 0 Å². The molecule has 3 aliphatic rings. The molecule has 276 valence electrons. The first-order valence-corrected chi connectivity index (χ1v) is 20.3. The molecule has 0 amide bonds. The van der Waals surface area contributed by atoms with Crippen LogP contribution >= 0.6 is 0 Å². The minimum atomic E-state index is -0.439. The first-order valence-electron chi connectivity index (χ1n) is 20.3. The topological polar surface area (TPSA) is 12.5 Å². The van der Waals surface area contributed by atoms with E-state index in [9.17, 15) is 0 Å². The van der Waals surface area contributed by atoms with Crippen LogP contribution in [0, 0.1) is 0 Å². The number of anilines is 3. The molecule has 59 heavy (non-hydrogen) atoms. The molecular formula is C57H37NO. The fraction of sp³-hybridized carbons (Fsp3) is 0.0175. The van der Waals surface area contributed by atoms with Gasteiger partial charge in [0.1, 0.15) is 11.5 Å². The van der Waals surface area contributed by atoms with Gasteiger partial charge in [0.2, 0.25) is 0 Å². The van der Waals surface area contributed by atoms with Gasteiger partial charge in [-0.25, -0.2) is 0 Å². The van der Waals surface area contributed by atoms with Crippen LogP contribution in [0.2, 0.25) is 0 Å². The van der Waals surface area contributed by atoms with Crippen LogP contribution in [0.25, 0.3) is 61.4 Å². The van der Waals surface area contributed by atoms with Crippen LogP contribution in [0.3, 0.4) is 0 Å². The molecular weight excluding hydrogens is 715 g/mol. The van der Waals surface area contributed by atoms with Crippen LogP contribution in [0.15, 0.2) is 219 Å². The fourth-order valence-electron chi connectivity index (χ4n) is 10.2. The highest BCUT2D eigenvalue weighted by Crippen LogP contribution is 2.64. The Balaban J connectivity index is 1.07. The molecule has 0 fully saturated rings. The van der Waals surface area contributed by atoms with E-state index >= 15 is 0 Å². The third kappa shape index (κ3) is 4.87. The van der Waals surface area contributed by atoms with Crippen LogP contribution in [0.4, 0.5) is 17.1 Å². The molecule has 0 aromatic heterocycles. The fourth-order valence-corrected chi connectivity index (χ4v) is 10.2. The normalized spacial score (nSPS) is 13.4. The lowest BCUT2D eigenvalue weighted by atomic mass is 9.70. The Kier molecular flexibility index (Phi) is 7.33. The maximum absolute atomic E-state index is 6.36. The highest BCUT2D eigenvalue weighted by atomic mass is 16.5. The monoisotopic (exact) mass is 751 g/mol. The number of hydrogen-bond acceptors (Lipinski definition) is 2. The Hall–Kier alpha value is -7.68. The highest BCUT2D eigenvalue weighted by Gasteiger charge is 2.52. The summed E-state index contributed by atoms with van der Waals surface area (Å²) in [5.41, 5.74) is 21.1. The zero-order valence-electron chi connectivity index (χ0n) is 32.3. The molecule has 12 rings (SSSR count). The van der Waals surface area contributed by atoms with E-state index in [1.807, 2.05) is 6.07 Å². The van der Waals surface area contributed by atoms with Crippen molar-refractivity contribution in [2.45, 2.75) is 5.41 Å². The summed E-state index contributed by atoms with van der Waals surface area (Å²) in [5, 5.41) is 0. The minimum absolute atomic E-state index is 0.439. The minimum Gasteiger partial charge on any atom is -0.457 e. The number of rotatable bonds is 5. The summed E-state index contributed by atoms with van der Waals surface area (Å²) < 4.78 is 6.36. The van der Waals surface area contributed by atoms with Gasteiger partial charge in [-0.2, -0.15) is 0 Å². The molecule has 9 aromatic rings. The molecule has 2 heteroatoms. The Morgan fingerprint density at radius 3 is 1.61 bits per heavy atom. The lowest BCUT2D eigenvalue weighted by Crippen LogP contribution is -2.26. The average molecular weight is 752 g/mol. The summed E-state index contributed by atoms with van der Waals surface area (Å²) in [5.74, 6) is 1.50. The average Bonchev–Trinajstić information content (AvgIpc) is 3.78. The standard InChI is InChI=1S/C57H37NO/c1-37-44-19-5-6-20-45(44)48-34-31-41(36-55(48)59-37)40-17-13-18-43(35-40)58(42-32-29-39(30-33-42)38-15-3-2-4-16-38)54-28-14-27-53-56(54)49-23-9-12-26-52(49)57(53)50-24-10-7-21-46(50)47-22-8-11-25-51(47)57/h2-36H,1H2. The van der Waals surface area contributed by atoms with E-state index in [0.29, 0.717) is 5.76 Å². The zero-order chi connectivity index (χ0) is 39.1. The lowest BCUT2D eigenvalue weighted by Gasteiger charge is -2.32. The third-order valence-electron chi connectivity index (χ3n) is 12.6. The van der Waals surface area contributed by atoms with Gasteiger partial charge in [-0.05, 0) is 109 Å². The predicted molar refractivity (Wildman–Crippen MR) is 243 cm³/mol. The molecule has 2 aliphatic carbocycles.